The van der Waals surface area contributed by atoms with Gasteiger partial charge in [-0.05, 0) is 49.3 Å². The van der Waals surface area contributed by atoms with Gasteiger partial charge in [-0.25, -0.2) is 4.79 Å². The molecule has 3 rings (SSSR count). The van der Waals surface area contributed by atoms with E-state index in [4.69, 9.17) is 9.26 Å². The third-order valence-corrected chi connectivity index (χ3v) is 4.80. The smallest absolute Gasteiger partial charge is 0.315 e. The largest absolute Gasteiger partial charge is 0.490 e. The molecule has 0 spiro atoms. The first-order valence-corrected chi connectivity index (χ1v) is 9.83. The molecule has 146 valence electrons. The van der Waals surface area contributed by atoms with Crippen molar-refractivity contribution in [3.8, 4) is 5.75 Å². The van der Waals surface area contributed by atoms with E-state index < -0.39 is 0 Å². The molecule has 0 atom stereocenters. The topological polar surface area (TPSA) is 76.4 Å². The lowest BCUT2D eigenvalue weighted by Gasteiger charge is -2.23. The Balaban J connectivity index is 1.43. The van der Waals surface area contributed by atoms with E-state index >= 15 is 0 Å². The van der Waals surface area contributed by atoms with Crippen LogP contribution >= 0.6 is 0 Å². The molecule has 2 amide bonds. The summed E-state index contributed by atoms with van der Waals surface area (Å²) in [7, 11) is 0. The number of ether oxygens (including phenoxy) is 1. The maximum absolute atomic E-state index is 12.0. The molecule has 2 aromatic rings. The van der Waals surface area contributed by atoms with Crippen molar-refractivity contribution in [1.29, 1.82) is 0 Å². The van der Waals surface area contributed by atoms with E-state index in [-0.39, 0.29) is 6.03 Å². The lowest BCUT2D eigenvalue weighted by atomic mass is 9.98. The lowest BCUT2D eigenvalue weighted by molar-refractivity contribution is 0.155. The van der Waals surface area contributed by atoms with Gasteiger partial charge in [0.15, 0.2) is 5.76 Å². The van der Waals surface area contributed by atoms with E-state index in [1.165, 1.54) is 19.3 Å². The van der Waals surface area contributed by atoms with Gasteiger partial charge in [0.2, 0.25) is 0 Å². The predicted molar refractivity (Wildman–Crippen MR) is 104 cm³/mol. The summed E-state index contributed by atoms with van der Waals surface area (Å²) in [6.45, 7) is 4.86. The summed E-state index contributed by atoms with van der Waals surface area (Å²) in [5.41, 5.74) is 1.90. The molecule has 1 heterocycles. The van der Waals surface area contributed by atoms with Gasteiger partial charge in [-0.2, -0.15) is 0 Å². The second kappa shape index (κ2) is 9.44. The first kappa shape index (κ1) is 19.3. The Hall–Kier alpha value is -2.50. The molecule has 2 N–H and O–H groups in total. The van der Waals surface area contributed by atoms with Crippen LogP contribution in [0.25, 0.3) is 0 Å². The average molecular weight is 371 g/mol. The van der Waals surface area contributed by atoms with Crippen molar-refractivity contribution in [3.63, 3.8) is 0 Å². The zero-order chi connectivity index (χ0) is 19.1. The van der Waals surface area contributed by atoms with Gasteiger partial charge in [0.1, 0.15) is 5.75 Å². The number of nitrogens with zero attached hydrogens (tertiary/aromatic N) is 1. The van der Waals surface area contributed by atoms with Crippen molar-refractivity contribution in [1.82, 2.24) is 15.8 Å². The van der Waals surface area contributed by atoms with Crippen LogP contribution in [0, 0.1) is 0 Å². The van der Waals surface area contributed by atoms with Gasteiger partial charge in [-0.15, -0.1) is 0 Å². The maximum Gasteiger partial charge on any atom is 0.315 e. The van der Waals surface area contributed by atoms with E-state index in [0.717, 1.165) is 29.8 Å². The van der Waals surface area contributed by atoms with E-state index in [0.29, 0.717) is 30.9 Å². The fourth-order valence-corrected chi connectivity index (χ4v) is 3.20. The molecule has 1 aromatic carbocycles. The van der Waals surface area contributed by atoms with Gasteiger partial charge >= 0.3 is 6.03 Å². The number of benzene rings is 1. The minimum atomic E-state index is -0.240. The average Bonchev–Trinajstić information content (AvgIpc) is 3.15. The molecular formula is C21H29N3O3. The standard InChI is InChI=1S/C21H29N3O3/c1-15(2)20-12-19(27-24-20)14-23-21(25)22-13-16-7-6-10-18(11-16)26-17-8-4-3-5-9-17/h6-7,10-12,15,17H,3-5,8-9,13-14H2,1-2H3,(H2,22,23,25). The number of hydrogen-bond acceptors (Lipinski definition) is 4. The molecule has 0 radical (unpaired) electrons. The van der Waals surface area contributed by atoms with E-state index in [1.54, 1.807) is 0 Å². The molecule has 27 heavy (non-hydrogen) atoms. The second-order valence-corrected chi connectivity index (χ2v) is 7.43. The molecule has 1 aromatic heterocycles. The van der Waals surface area contributed by atoms with Crippen LogP contribution in [0.5, 0.6) is 5.75 Å². The molecule has 0 aliphatic heterocycles. The number of rotatable bonds is 7. The highest BCUT2D eigenvalue weighted by molar-refractivity contribution is 5.73. The summed E-state index contributed by atoms with van der Waals surface area (Å²) in [4.78, 5) is 12.0. The first-order valence-electron chi connectivity index (χ1n) is 9.83. The number of nitrogens with one attached hydrogen (secondary N) is 2. The molecular weight excluding hydrogens is 342 g/mol. The van der Waals surface area contributed by atoms with Gasteiger partial charge < -0.3 is 19.9 Å². The normalized spacial score (nSPS) is 14.9. The quantitative estimate of drug-likeness (QED) is 0.751. The summed E-state index contributed by atoms with van der Waals surface area (Å²) < 4.78 is 11.3. The van der Waals surface area contributed by atoms with Crippen LogP contribution in [0.3, 0.4) is 0 Å². The maximum atomic E-state index is 12.0. The molecule has 1 fully saturated rings. The Kier molecular flexibility index (Phi) is 6.74. The van der Waals surface area contributed by atoms with Gasteiger partial charge in [0, 0.05) is 12.6 Å². The van der Waals surface area contributed by atoms with Crippen LogP contribution < -0.4 is 15.4 Å². The Morgan fingerprint density at radius 1 is 1.19 bits per heavy atom. The molecule has 1 saturated carbocycles. The van der Waals surface area contributed by atoms with E-state index in [1.807, 2.05) is 44.2 Å². The van der Waals surface area contributed by atoms with Crippen LogP contribution in [0.4, 0.5) is 4.79 Å². The summed E-state index contributed by atoms with van der Waals surface area (Å²) in [6, 6.07) is 9.57. The highest BCUT2D eigenvalue weighted by Gasteiger charge is 2.15. The third kappa shape index (κ3) is 6.01. The summed E-state index contributed by atoms with van der Waals surface area (Å²) in [6.07, 6.45) is 6.39. The van der Waals surface area contributed by atoms with Crippen LogP contribution in [-0.2, 0) is 13.1 Å². The SMILES string of the molecule is CC(C)c1cc(CNC(=O)NCc2cccc(OC3CCCCC3)c2)on1. The molecule has 0 saturated heterocycles. The van der Waals surface area contributed by atoms with Crippen LogP contribution in [0.2, 0.25) is 0 Å². The first-order chi connectivity index (χ1) is 13.1. The highest BCUT2D eigenvalue weighted by Crippen LogP contribution is 2.24. The van der Waals surface area contributed by atoms with Gasteiger partial charge in [0.05, 0.1) is 18.3 Å². The molecule has 1 aliphatic carbocycles. The molecule has 0 bridgehead atoms. The molecule has 6 nitrogen and oxygen atoms in total. The number of carbonyl (C=O) groups is 1. The lowest BCUT2D eigenvalue weighted by Crippen LogP contribution is -2.34. The fraction of sp³-hybridized carbons (Fsp3) is 0.524. The minimum Gasteiger partial charge on any atom is -0.490 e. The summed E-state index contributed by atoms with van der Waals surface area (Å²) in [5, 5.41) is 9.63. The summed E-state index contributed by atoms with van der Waals surface area (Å²) >= 11 is 0. The monoisotopic (exact) mass is 371 g/mol. The van der Waals surface area contributed by atoms with Crippen molar-refractivity contribution >= 4 is 6.03 Å². The van der Waals surface area contributed by atoms with Crippen molar-refractivity contribution in [2.75, 3.05) is 0 Å². The number of carbonyl (C=O) groups excluding carboxylic acids is 1. The van der Waals surface area contributed by atoms with Crippen LogP contribution in [0.15, 0.2) is 34.9 Å². The van der Waals surface area contributed by atoms with Crippen molar-refractivity contribution in [2.45, 2.75) is 71.1 Å². The number of amides is 2. The molecule has 6 heteroatoms. The van der Waals surface area contributed by atoms with Crippen molar-refractivity contribution < 1.29 is 14.1 Å². The van der Waals surface area contributed by atoms with Gasteiger partial charge in [-0.3, -0.25) is 0 Å². The van der Waals surface area contributed by atoms with Crippen LogP contribution in [-0.4, -0.2) is 17.3 Å². The number of hydrogen-bond donors (Lipinski definition) is 2. The highest BCUT2D eigenvalue weighted by atomic mass is 16.5. The third-order valence-electron chi connectivity index (χ3n) is 4.80. The zero-order valence-corrected chi connectivity index (χ0v) is 16.2. The summed E-state index contributed by atoms with van der Waals surface area (Å²) in [5.74, 6) is 1.83. The van der Waals surface area contributed by atoms with Crippen LogP contribution in [0.1, 0.15) is 68.9 Å². The Bertz CT molecular complexity index is 736. The van der Waals surface area contributed by atoms with Crippen molar-refractivity contribution in [3.05, 3.63) is 47.3 Å². The molecule has 1 aliphatic rings. The minimum absolute atomic E-state index is 0.240. The molecule has 0 unspecified atom stereocenters. The Labute approximate surface area is 160 Å². The van der Waals surface area contributed by atoms with Gasteiger partial charge in [0.25, 0.3) is 0 Å². The Morgan fingerprint density at radius 3 is 2.70 bits per heavy atom. The number of urea groups is 1. The van der Waals surface area contributed by atoms with Gasteiger partial charge in [-0.1, -0.05) is 37.6 Å². The Morgan fingerprint density at radius 2 is 1.96 bits per heavy atom. The van der Waals surface area contributed by atoms with E-state index in [9.17, 15) is 4.79 Å². The zero-order valence-electron chi connectivity index (χ0n) is 16.2. The second-order valence-electron chi connectivity index (χ2n) is 7.43. The number of aromatic nitrogens is 1. The predicted octanol–water partition coefficient (Wildman–Crippen LogP) is 4.51. The van der Waals surface area contributed by atoms with Crippen molar-refractivity contribution in [2.24, 2.45) is 0 Å². The van der Waals surface area contributed by atoms with E-state index in [2.05, 4.69) is 15.8 Å². The fourth-order valence-electron chi connectivity index (χ4n) is 3.20.